The molecule has 0 saturated heterocycles. The first kappa shape index (κ1) is 18.9. The topological polar surface area (TPSA) is 55.4 Å². The molecule has 0 aliphatic carbocycles. The molecule has 1 N–H and O–H groups in total. The Bertz CT molecular complexity index is 814. The van der Waals surface area contributed by atoms with Crippen LogP contribution in [0, 0.1) is 13.8 Å². The smallest absolute Gasteiger partial charge is 0.331 e. The van der Waals surface area contributed by atoms with Gasteiger partial charge in [0.25, 0.3) is 5.91 Å². The number of amides is 1. The predicted octanol–water partition coefficient (Wildman–Crippen LogP) is 4.65. The number of esters is 1. The molecular weight excluding hydrogens is 382 g/mol. The summed E-state index contributed by atoms with van der Waals surface area (Å²) < 4.78 is 6.08. The van der Waals surface area contributed by atoms with Crippen LogP contribution in [0.3, 0.4) is 0 Å². The van der Waals surface area contributed by atoms with E-state index in [-0.39, 0.29) is 5.91 Å². The van der Waals surface area contributed by atoms with Crippen molar-refractivity contribution >= 4 is 39.6 Å². The van der Waals surface area contributed by atoms with E-state index in [1.807, 2.05) is 56.3 Å². The number of aryl methyl sites for hydroxylation is 2. The summed E-state index contributed by atoms with van der Waals surface area (Å²) in [7, 11) is 0. The quantitative estimate of drug-likeness (QED) is 0.585. The van der Waals surface area contributed by atoms with Crippen LogP contribution in [0.2, 0.25) is 0 Å². The van der Waals surface area contributed by atoms with E-state index in [4.69, 9.17) is 4.74 Å². The minimum atomic E-state index is -0.889. The van der Waals surface area contributed by atoms with Crippen molar-refractivity contribution in [3.63, 3.8) is 0 Å². The number of rotatable bonds is 5. The summed E-state index contributed by atoms with van der Waals surface area (Å²) in [4.78, 5) is 24.1. The van der Waals surface area contributed by atoms with Crippen molar-refractivity contribution in [2.45, 2.75) is 26.9 Å². The van der Waals surface area contributed by atoms with Crippen molar-refractivity contribution < 1.29 is 14.3 Å². The molecule has 2 rings (SSSR count). The molecule has 0 spiro atoms. The number of nitrogens with one attached hydrogen (secondary N) is 1. The lowest BCUT2D eigenvalue weighted by atomic mass is 10.1. The fourth-order valence-corrected chi connectivity index (χ4v) is 2.56. The lowest BCUT2D eigenvalue weighted by Gasteiger charge is -2.14. The summed E-state index contributed by atoms with van der Waals surface area (Å²) in [5, 5.41) is 2.79. The molecule has 4 nitrogen and oxygen atoms in total. The molecule has 2 aromatic rings. The zero-order chi connectivity index (χ0) is 18.4. The van der Waals surface area contributed by atoms with Gasteiger partial charge in [0.15, 0.2) is 6.10 Å². The number of hydrogen-bond acceptors (Lipinski definition) is 3. The van der Waals surface area contributed by atoms with Crippen LogP contribution in [0.25, 0.3) is 6.08 Å². The molecule has 0 bridgehead atoms. The van der Waals surface area contributed by atoms with Crippen LogP contribution >= 0.6 is 15.9 Å². The Morgan fingerprint density at radius 2 is 1.92 bits per heavy atom. The van der Waals surface area contributed by atoms with E-state index < -0.39 is 12.1 Å². The van der Waals surface area contributed by atoms with E-state index in [2.05, 4.69) is 21.2 Å². The molecule has 5 heteroatoms. The third-order valence-electron chi connectivity index (χ3n) is 3.57. The maximum Gasteiger partial charge on any atom is 0.331 e. The van der Waals surface area contributed by atoms with Gasteiger partial charge in [0.1, 0.15) is 0 Å². The Labute approximate surface area is 156 Å². The Hall–Kier alpha value is -2.40. The second kappa shape index (κ2) is 8.62. The van der Waals surface area contributed by atoms with E-state index in [0.717, 1.165) is 26.9 Å². The van der Waals surface area contributed by atoms with Crippen molar-refractivity contribution in [3.05, 3.63) is 69.7 Å². The molecule has 130 valence electrons. The van der Waals surface area contributed by atoms with Gasteiger partial charge < -0.3 is 10.1 Å². The van der Waals surface area contributed by atoms with Gasteiger partial charge in [0.05, 0.1) is 0 Å². The van der Waals surface area contributed by atoms with Gasteiger partial charge >= 0.3 is 5.97 Å². The third-order valence-corrected chi connectivity index (χ3v) is 4.07. The zero-order valence-corrected chi connectivity index (χ0v) is 16.0. The zero-order valence-electron chi connectivity index (χ0n) is 14.4. The second-order valence-electron chi connectivity index (χ2n) is 5.78. The van der Waals surface area contributed by atoms with E-state index in [1.165, 1.54) is 6.08 Å². The average molecular weight is 402 g/mol. The van der Waals surface area contributed by atoms with Crippen LogP contribution in [0.4, 0.5) is 5.69 Å². The molecule has 0 fully saturated rings. The first-order chi connectivity index (χ1) is 11.8. The SMILES string of the molecule is Cc1ccc(C)c(NC(=O)[C@H](C)OC(=O)/C=C/c2cccc(Br)c2)c1. The van der Waals surface area contributed by atoms with Crippen molar-refractivity contribution in [3.8, 4) is 0 Å². The van der Waals surface area contributed by atoms with Gasteiger partial charge in [-0.05, 0) is 61.7 Å². The number of carbonyl (C=O) groups excluding carboxylic acids is 2. The summed E-state index contributed by atoms with van der Waals surface area (Å²) in [6.45, 7) is 5.41. The summed E-state index contributed by atoms with van der Waals surface area (Å²) >= 11 is 3.37. The molecular formula is C20H20BrNO3. The number of anilines is 1. The van der Waals surface area contributed by atoms with Crippen LogP contribution in [0.1, 0.15) is 23.6 Å². The molecule has 0 heterocycles. The van der Waals surface area contributed by atoms with E-state index in [9.17, 15) is 9.59 Å². The van der Waals surface area contributed by atoms with Gasteiger partial charge in [0.2, 0.25) is 0 Å². The van der Waals surface area contributed by atoms with Crippen LogP contribution in [0.5, 0.6) is 0 Å². The largest absolute Gasteiger partial charge is 0.449 e. The van der Waals surface area contributed by atoms with Gasteiger partial charge in [-0.2, -0.15) is 0 Å². The maximum atomic E-state index is 12.2. The van der Waals surface area contributed by atoms with Gasteiger partial charge in [-0.1, -0.05) is 40.2 Å². The first-order valence-corrected chi connectivity index (χ1v) is 8.67. The maximum absolute atomic E-state index is 12.2. The summed E-state index contributed by atoms with van der Waals surface area (Å²) in [6, 6.07) is 13.3. The lowest BCUT2D eigenvalue weighted by molar-refractivity contribution is -0.148. The first-order valence-electron chi connectivity index (χ1n) is 7.87. The molecule has 1 amide bonds. The molecule has 0 saturated carbocycles. The second-order valence-corrected chi connectivity index (χ2v) is 6.69. The molecule has 0 unspecified atom stereocenters. The molecule has 0 aliphatic rings. The molecule has 25 heavy (non-hydrogen) atoms. The summed E-state index contributed by atoms with van der Waals surface area (Å²) in [5.41, 5.74) is 3.57. The van der Waals surface area contributed by atoms with Gasteiger partial charge in [-0.25, -0.2) is 4.79 Å². The van der Waals surface area contributed by atoms with Crippen molar-refractivity contribution in [2.75, 3.05) is 5.32 Å². The average Bonchev–Trinajstić information content (AvgIpc) is 2.56. The number of ether oxygens (including phenoxy) is 1. The lowest BCUT2D eigenvalue weighted by Crippen LogP contribution is -2.29. The van der Waals surface area contributed by atoms with Crippen molar-refractivity contribution in [1.82, 2.24) is 0 Å². The number of hydrogen-bond donors (Lipinski definition) is 1. The predicted molar refractivity (Wildman–Crippen MR) is 103 cm³/mol. The number of carbonyl (C=O) groups is 2. The minimum absolute atomic E-state index is 0.363. The minimum Gasteiger partial charge on any atom is -0.449 e. The number of halogens is 1. The summed E-state index contributed by atoms with van der Waals surface area (Å²) in [6.07, 6.45) is 2.06. The fourth-order valence-electron chi connectivity index (χ4n) is 2.15. The standard InChI is InChI=1S/C20H20BrNO3/c1-13-7-8-14(2)18(11-13)22-20(24)15(3)25-19(23)10-9-16-5-4-6-17(21)12-16/h4-12,15H,1-3H3,(H,22,24)/b10-9+/t15-/m0/s1. The van der Waals surface area contributed by atoms with Crippen molar-refractivity contribution in [2.24, 2.45) is 0 Å². The fraction of sp³-hybridized carbons (Fsp3) is 0.200. The molecule has 2 aromatic carbocycles. The van der Waals surface area contributed by atoms with Crippen LogP contribution in [-0.2, 0) is 14.3 Å². The Morgan fingerprint density at radius 1 is 1.16 bits per heavy atom. The summed E-state index contributed by atoms with van der Waals surface area (Å²) in [5.74, 6) is -0.929. The van der Waals surface area contributed by atoms with E-state index in [1.54, 1.807) is 13.0 Å². The van der Waals surface area contributed by atoms with Crippen molar-refractivity contribution in [1.29, 1.82) is 0 Å². The Morgan fingerprint density at radius 3 is 2.64 bits per heavy atom. The van der Waals surface area contributed by atoms with Crippen LogP contribution < -0.4 is 5.32 Å². The highest BCUT2D eigenvalue weighted by atomic mass is 79.9. The molecule has 0 aromatic heterocycles. The highest BCUT2D eigenvalue weighted by Gasteiger charge is 2.17. The third kappa shape index (κ3) is 5.87. The molecule has 0 aliphatic heterocycles. The highest BCUT2D eigenvalue weighted by Crippen LogP contribution is 2.17. The van der Waals surface area contributed by atoms with Crippen LogP contribution in [-0.4, -0.2) is 18.0 Å². The highest BCUT2D eigenvalue weighted by molar-refractivity contribution is 9.10. The molecule has 0 radical (unpaired) electrons. The van der Waals surface area contributed by atoms with E-state index >= 15 is 0 Å². The normalized spacial score (nSPS) is 12.0. The Balaban J connectivity index is 1.94. The molecule has 1 atom stereocenters. The Kier molecular flexibility index (Phi) is 6.53. The van der Waals surface area contributed by atoms with E-state index in [0.29, 0.717) is 0 Å². The van der Waals surface area contributed by atoms with Crippen LogP contribution in [0.15, 0.2) is 53.0 Å². The van der Waals surface area contributed by atoms with Gasteiger partial charge in [-0.3, -0.25) is 4.79 Å². The monoisotopic (exact) mass is 401 g/mol. The number of benzene rings is 2. The van der Waals surface area contributed by atoms with Gasteiger partial charge in [-0.15, -0.1) is 0 Å². The van der Waals surface area contributed by atoms with Gasteiger partial charge in [0, 0.05) is 16.2 Å².